The largest absolute Gasteiger partial charge is 0.342 e. The van der Waals surface area contributed by atoms with Crippen LogP contribution in [0.25, 0.3) is 11.4 Å². The zero-order chi connectivity index (χ0) is 12.6. The molecule has 0 saturated carbocycles. The van der Waals surface area contributed by atoms with E-state index < -0.39 is 0 Å². The first kappa shape index (κ1) is 12.4. The highest BCUT2D eigenvalue weighted by Gasteiger charge is 2.06. The Bertz CT molecular complexity index is 614. The molecular formula is C12H12BrN3S. The Morgan fingerprint density at radius 2 is 1.71 bits per heavy atom. The molecule has 2 heterocycles. The van der Waals surface area contributed by atoms with Crippen molar-refractivity contribution in [1.82, 2.24) is 15.0 Å². The molecule has 0 aliphatic carbocycles. The van der Waals surface area contributed by atoms with Crippen LogP contribution in [0, 0.1) is 25.4 Å². The highest BCUT2D eigenvalue weighted by Crippen LogP contribution is 2.21. The number of hydrogen-bond acceptors (Lipinski definition) is 3. The molecule has 3 nitrogen and oxygen atoms in total. The lowest BCUT2D eigenvalue weighted by Crippen LogP contribution is -1.96. The van der Waals surface area contributed by atoms with Gasteiger partial charge in [-0.05, 0) is 48.8 Å². The lowest BCUT2D eigenvalue weighted by atomic mass is 10.2. The summed E-state index contributed by atoms with van der Waals surface area (Å²) in [6, 6.07) is 3.99. The molecular weight excluding hydrogens is 298 g/mol. The molecule has 5 heteroatoms. The standard InChI is InChI=1S/C12H12BrN3S/c1-6-4-9(5-7(2)14-6)11-15-8(3)10(13)12(17)16-11/h4-5H,1-3H3,(H,15,16,17). The molecule has 17 heavy (non-hydrogen) atoms. The molecule has 0 aliphatic rings. The average Bonchev–Trinajstić information content (AvgIpc) is 2.23. The Kier molecular flexibility index (Phi) is 3.40. The maximum atomic E-state index is 5.20. The normalized spacial score (nSPS) is 10.6. The van der Waals surface area contributed by atoms with Crippen molar-refractivity contribution in [3.63, 3.8) is 0 Å². The van der Waals surface area contributed by atoms with Gasteiger partial charge < -0.3 is 4.98 Å². The van der Waals surface area contributed by atoms with Gasteiger partial charge in [0.2, 0.25) is 0 Å². The van der Waals surface area contributed by atoms with Crippen LogP contribution in [0.2, 0.25) is 0 Å². The van der Waals surface area contributed by atoms with Crippen molar-refractivity contribution in [2.45, 2.75) is 20.8 Å². The van der Waals surface area contributed by atoms with Crippen LogP contribution < -0.4 is 0 Å². The molecule has 1 N–H and O–H groups in total. The van der Waals surface area contributed by atoms with Crippen molar-refractivity contribution in [3.05, 3.63) is 38.3 Å². The van der Waals surface area contributed by atoms with E-state index >= 15 is 0 Å². The molecule has 0 fully saturated rings. The van der Waals surface area contributed by atoms with E-state index in [9.17, 15) is 0 Å². The number of aromatic amines is 1. The van der Waals surface area contributed by atoms with Crippen LogP contribution in [0.15, 0.2) is 16.6 Å². The van der Waals surface area contributed by atoms with E-state index in [0.29, 0.717) is 4.64 Å². The zero-order valence-electron chi connectivity index (χ0n) is 9.84. The van der Waals surface area contributed by atoms with Gasteiger partial charge in [-0.3, -0.25) is 4.98 Å². The summed E-state index contributed by atoms with van der Waals surface area (Å²) >= 11 is 8.60. The molecule has 0 amide bonds. The summed E-state index contributed by atoms with van der Waals surface area (Å²) in [7, 11) is 0. The van der Waals surface area contributed by atoms with Crippen molar-refractivity contribution in [2.24, 2.45) is 0 Å². The van der Waals surface area contributed by atoms with Crippen molar-refractivity contribution in [2.75, 3.05) is 0 Å². The molecule has 0 aliphatic heterocycles. The smallest absolute Gasteiger partial charge is 0.144 e. The highest BCUT2D eigenvalue weighted by atomic mass is 79.9. The summed E-state index contributed by atoms with van der Waals surface area (Å²) in [5.74, 6) is 0.782. The van der Waals surface area contributed by atoms with Gasteiger partial charge in [0.25, 0.3) is 0 Å². The molecule has 0 aromatic carbocycles. The molecule has 0 unspecified atom stereocenters. The third-order valence-electron chi connectivity index (χ3n) is 2.39. The van der Waals surface area contributed by atoms with E-state index in [1.54, 1.807) is 0 Å². The third kappa shape index (κ3) is 2.61. The second-order valence-corrected chi connectivity index (χ2v) is 5.15. The van der Waals surface area contributed by atoms with Crippen LogP contribution in [0.3, 0.4) is 0 Å². The van der Waals surface area contributed by atoms with Gasteiger partial charge in [0.05, 0.1) is 4.47 Å². The second-order valence-electron chi connectivity index (χ2n) is 3.97. The van der Waals surface area contributed by atoms with Gasteiger partial charge in [0.15, 0.2) is 0 Å². The van der Waals surface area contributed by atoms with Gasteiger partial charge in [-0.25, -0.2) is 4.98 Å². The predicted molar refractivity (Wildman–Crippen MR) is 74.6 cm³/mol. The number of H-pyrrole nitrogens is 1. The Balaban J connectivity index is 2.65. The molecule has 2 aromatic heterocycles. The van der Waals surface area contributed by atoms with Gasteiger partial charge in [0.1, 0.15) is 10.5 Å². The number of nitrogens with zero attached hydrogens (tertiary/aromatic N) is 2. The predicted octanol–water partition coefficient (Wildman–Crippen LogP) is 3.89. The summed E-state index contributed by atoms with van der Waals surface area (Å²) in [6.45, 7) is 5.90. The van der Waals surface area contributed by atoms with Gasteiger partial charge >= 0.3 is 0 Å². The highest BCUT2D eigenvalue weighted by molar-refractivity contribution is 9.10. The topological polar surface area (TPSA) is 41.6 Å². The van der Waals surface area contributed by atoms with E-state index in [-0.39, 0.29) is 0 Å². The first-order valence-corrected chi connectivity index (χ1v) is 6.39. The fourth-order valence-electron chi connectivity index (χ4n) is 1.68. The van der Waals surface area contributed by atoms with E-state index in [0.717, 1.165) is 32.9 Å². The quantitative estimate of drug-likeness (QED) is 0.813. The lowest BCUT2D eigenvalue weighted by Gasteiger charge is -2.06. The molecule has 0 bridgehead atoms. The van der Waals surface area contributed by atoms with Crippen LogP contribution in [-0.2, 0) is 0 Å². The molecule has 0 saturated heterocycles. The van der Waals surface area contributed by atoms with Crippen LogP contribution >= 0.6 is 28.1 Å². The first-order chi connectivity index (χ1) is 7.97. The lowest BCUT2D eigenvalue weighted by molar-refractivity contribution is 1.06. The maximum absolute atomic E-state index is 5.20. The van der Waals surface area contributed by atoms with Crippen LogP contribution in [0.4, 0.5) is 0 Å². The van der Waals surface area contributed by atoms with Crippen LogP contribution in [-0.4, -0.2) is 15.0 Å². The van der Waals surface area contributed by atoms with E-state index in [1.165, 1.54) is 0 Å². The molecule has 88 valence electrons. The summed E-state index contributed by atoms with van der Waals surface area (Å²) in [4.78, 5) is 12.0. The van der Waals surface area contributed by atoms with Crippen molar-refractivity contribution in [1.29, 1.82) is 0 Å². The number of halogens is 1. The van der Waals surface area contributed by atoms with Gasteiger partial charge in [-0.2, -0.15) is 0 Å². The van der Waals surface area contributed by atoms with Crippen LogP contribution in [0.5, 0.6) is 0 Å². The van der Waals surface area contributed by atoms with E-state index in [1.807, 2.05) is 32.9 Å². The van der Waals surface area contributed by atoms with Crippen molar-refractivity contribution < 1.29 is 0 Å². The molecule has 2 aromatic rings. The number of pyridine rings is 1. The summed E-state index contributed by atoms with van der Waals surface area (Å²) in [6.07, 6.45) is 0. The number of aryl methyl sites for hydroxylation is 3. The number of aromatic nitrogens is 3. The average molecular weight is 310 g/mol. The Morgan fingerprint density at radius 3 is 2.24 bits per heavy atom. The number of rotatable bonds is 1. The SMILES string of the molecule is Cc1cc(-c2nc(=S)c(Br)c(C)[nH]2)cc(C)n1. The fraction of sp³-hybridized carbons (Fsp3) is 0.250. The zero-order valence-corrected chi connectivity index (χ0v) is 12.2. The third-order valence-corrected chi connectivity index (χ3v) is 3.92. The minimum absolute atomic E-state index is 0.573. The summed E-state index contributed by atoms with van der Waals surface area (Å²) < 4.78 is 1.42. The number of nitrogens with one attached hydrogen (secondary N) is 1. The van der Waals surface area contributed by atoms with Gasteiger partial charge in [0, 0.05) is 22.6 Å². The second kappa shape index (κ2) is 4.66. The Morgan fingerprint density at radius 1 is 1.12 bits per heavy atom. The maximum Gasteiger partial charge on any atom is 0.144 e. The van der Waals surface area contributed by atoms with Gasteiger partial charge in [-0.15, -0.1) is 0 Å². The van der Waals surface area contributed by atoms with E-state index in [2.05, 4.69) is 30.9 Å². The fourth-order valence-corrected chi connectivity index (χ4v) is 2.11. The monoisotopic (exact) mass is 309 g/mol. The first-order valence-electron chi connectivity index (χ1n) is 5.19. The molecule has 0 spiro atoms. The molecule has 0 atom stereocenters. The van der Waals surface area contributed by atoms with E-state index in [4.69, 9.17) is 12.2 Å². The summed E-state index contributed by atoms with van der Waals surface area (Å²) in [5, 5.41) is 0. The van der Waals surface area contributed by atoms with Gasteiger partial charge in [-0.1, -0.05) is 12.2 Å². The minimum Gasteiger partial charge on any atom is -0.342 e. The van der Waals surface area contributed by atoms with Crippen molar-refractivity contribution >= 4 is 28.1 Å². The minimum atomic E-state index is 0.573. The number of hydrogen-bond donors (Lipinski definition) is 1. The molecule has 0 radical (unpaired) electrons. The van der Waals surface area contributed by atoms with Crippen molar-refractivity contribution in [3.8, 4) is 11.4 Å². The Hall–Kier alpha value is -1.07. The van der Waals surface area contributed by atoms with Crippen LogP contribution in [0.1, 0.15) is 17.1 Å². The Labute approximate surface area is 113 Å². The summed E-state index contributed by atoms with van der Waals surface area (Å²) in [5.41, 5.74) is 3.94. The molecule has 2 rings (SSSR count).